The van der Waals surface area contributed by atoms with Gasteiger partial charge in [0.05, 0.1) is 22.9 Å². The van der Waals surface area contributed by atoms with Gasteiger partial charge in [0.2, 0.25) is 23.7 Å². The second-order valence-corrected chi connectivity index (χ2v) is 7.04. The molecule has 2 heterocycles. The average molecular weight is 366 g/mol. The van der Waals surface area contributed by atoms with E-state index in [2.05, 4.69) is 17.2 Å². The van der Waals surface area contributed by atoms with Gasteiger partial charge in [0.25, 0.3) is 0 Å². The molecule has 0 saturated carbocycles. The highest BCUT2D eigenvalue weighted by molar-refractivity contribution is 6.08. The molecule has 0 bridgehead atoms. The van der Waals surface area contributed by atoms with E-state index in [-0.39, 0.29) is 30.2 Å². The highest BCUT2D eigenvalue weighted by Crippen LogP contribution is 2.34. The molecule has 7 heteroatoms. The largest absolute Gasteiger partial charge is 0.310 e. The Balaban J connectivity index is 1.52. The number of amides is 3. The van der Waals surface area contributed by atoms with Crippen LogP contribution in [0.3, 0.4) is 0 Å². The first-order valence-electron chi connectivity index (χ1n) is 9.35. The second kappa shape index (κ2) is 6.98. The molecule has 2 aliphatic rings. The number of imidazole rings is 1. The first-order valence-corrected chi connectivity index (χ1v) is 9.35. The normalized spacial score (nSPS) is 21.7. The van der Waals surface area contributed by atoms with E-state index in [0.717, 1.165) is 22.4 Å². The predicted octanol–water partition coefficient (Wildman–Crippen LogP) is 2.34. The van der Waals surface area contributed by atoms with Gasteiger partial charge in [0, 0.05) is 6.54 Å². The summed E-state index contributed by atoms with van der Waals surface area (Å²) in [6.45, 7) is 2.51. The SMILES string of the molecule is CCCn1c(NC(=O)CN2C(=O)[C@@H]3CC=CC[C@H]3C2=O)nc2ccccc21. The first-order chi connectivity index (χ1) is 13.1. The third kappa shape index (κ3) is 3.03. The van der Waals surface area contributed by atoms with E-state index in [9.17, 15) is 14.4 Å². The highest BCUT2D eigenvalue weighted by atomic mass is 16.2. The van der Waals surface area contributed by atoms with Crippen LogP contribution in [0.5, 0.6) is 0 Å². The molecule has 1 aromatic carbocycles. The number of imide groups is 1. The lowest BCUT2D eigenvalue weighted by Crippen LogP contribution is -2.38. The Hall–Kier alpha value is -2.96. The maximum atomic E-state index is 12.6. The fourth-order valence-electron chi connectivity index (χ4n) is 3.95. The molecule has 1 fully saturated rings. The topological polar surface area (TPSA) is 84.3 Å². The molecule has 1 N–H and O–H groups in total. The molecule has 1 aliphatic carbocycles. The number of hydrogen-bond acceptors (Lipinski definition) is 4. The number of nitrogens with zero attached hydrogens (tertiary/aromatic N) is 3. The molecule has 2 aromatic rings. The lowest BCUT2D eigenvalue weighted by atomic mass is 9.85. The summed E-state index contributed by atoms with van der Waals surface area (Å²) in [6, 6.07) is 7.68. The molecular weight excluding hydrogens is 344 g/mol. The second-order valence-electron chi connectivity index (χ2n) is 7.04. The van der Waals surface area contributed by atoms with Crippen molar-refractivity contribution >= 4 is 34.7 Å². The average Bonchev–Trinajstić information content (AvgIpc) is 3.13. The summed E-state index contributed by atoms with van der Waals surface area (Å²) in [5, 5.41) is 2.79. The maximum Gasteiger partial charge on any atom is 0.246 e. The Labute approximate surface area is 157 Å². The van der Waals surface area contributed by atoms with E-state index in [0.29, 0.717) is 25.3 Å². The number of para-hydroxylation sites is 2. The van der Waals surface area contributed by atoms with Crippen LogP contribution in [0.15, 0.2) is 36.4 Å². The van der Waals surface area contributed by atoms with Crippen LogP contribution in [-0.4, -0.2) is 38.7 Å². The van der Waals surface area contributed by atoms with Gasteiger partial charge >= 0.3 is 0 Å². The number of rotatable bonds is 5. The smallest absolute Gasteiger partial charge is 0.246 e. The molecule has 1 aliphatic heterocycles. The lowest BCUT2D eigenvalue weighted by Gasteiger charge is -2.15. The summed E-state index contributed by atoms with van der Waals surface area (Å²) < 4.78 is 1.95. The molecule has 0 spiro atoms. The van der Waals surface area contributed by atoms with Gasteiger partial charge in [0.15, 0.2) is 0 Å². The van der Waals surface area contributed by atoms with E-state index in [1.165, 1.54) is 0 Å². The van der Waals surface area contributed by atoms with Crippen LogP contribution in [0.2, 0.25) is 0 Å². The summed E-state index contributed by atoms with van der Waals surface area (Å²) in [7, 11) is 0. The van der Waals surface area contributed by atoms with E-state index in [1.807, 2.05) is 41.0 Å². The fourth-order valence-corrected chi connectivity index (χ4v) is 3.95. The minimum absolute atomic E-state index is 0.244. The zero-order chi connectivity index (χ0) is 19.0. The molecule has 7 nitrogen and oxygen atoms in total. The number of likely N-dealkylation sites (tertiary alicyclic amines) is 1. The minimum Gasteiger partial charge on any atom is -0.310 e. The van der Waals surface area contributed by atoms with Gasteiger partial charge in [-0.3, -0.25) is 24.6 Å². The van der Waals surface area contributed by atoms with E-state index >= 15 is 0 Å². The van der Waals surface area contributed by atoms with Gasteiger partial charge in [-0.15, -0.1) is 0 Å². The molecule has 140 valence electrons. The number of nitrogens with one attached hydrogen (secondary N) is 1. The molecule has 4 rings (SSSR count). The minimum atomic E-state index is -0.407. The van der Waals surface area contributed by atoms with Gasteiger partial charge in [-0.05, 0) is 31.4 Å². The molecule has 1 aromatic heterocycles. The molecule has 2 atom stereocenters. The zero-order valence-electron chi connectivity index (χ0n) is 15.2. The maximum absolute atomic E-state index is 12.6. The monoisotopic (exact) mass is 366 g/mol. The van der Waals surface area contributed by atoms with Crippen LogP contribution in [0, 0.1) is 11.8 Å². The standard InChI is InChI=1S/C20H22N4O3/c1-2-11-23-16-10-6-5-9-15(16)21-20(23)22-17(25)12-24-18(26)13-7-3-4-8-14(13)19(24)27/h3-6,9-10,13-14H,2,7-8,11-12H2,1H3,(H,21,22,25)/t13-,14-/m1/s1. The number of aryl methyl sites for hydroxylation is 1. The highest BCUT2D eigenvalue weighted by Gasteiger charge is 2.47. The van der Waals surface area contributed by atoms with Gasteiger partial charge < -0.3 is 4.57 Å². The number of carbonyl (C=O) groups is 3. The summed E-state index contributed by atoms with van der Waals surface area (Å²) >= 11 is 0. The van der Waals surface area contributed by atoms with Crippen molar-refractivity contribution in [3.8, 4) is 0 Å². The van der Waals surface area contributed by atoms with Crippen LogP contribution in [0.4, 0.5) is 5.95 Å². The number of allylic oxidation sites excluding steroid dienone is 2. The Morgan fingerprint density at radius 3 is 2.48 bits per heavy atom. The molecule has 1 saturated heterocycles. The molecule has 0 radical (unpaired) electrons. The van der Waals surface area contributed by atoms with Crippen LogP contribution >= 0.6 is 0 Å². The van der Waals surface area contributed by atoms with Crippen molar-refractivity contribution in [2.45, 2.75) is 32.7 Å². The van der Waals surface area contributed by atoms with Crippen molar-refractivity contribution in [3.63, 3.8) is 0 Å². The Morgan fingerprint density at radius 1 is 1.15 bits per heavy atom. The predicted molar refractivity (Wildman–Crippen MR) is 101 cm³/mol. The van der Waals surface area contributed by atoms with Crippen molar-refractivity contribution in [1.29, 1.82) is 0 Å². The van der Waals surface area contributed by atoms with Crippen molar-refractivity contribution in [2.24, 2.45) is 11.8 Å². The van der Waals surface area contributed by atoms with Gasteiger partial charge in [-0.1, -0.05) is 31.2 Å². The van der Waals surface area contributed by atoms with Crippen molar-refractivity contribution in [2.75, 3.05) is 11.9 Å². The quantitative estimate of drug-likeness (QED) is 0.650. The summed E-state index contributed by atoms with van der Waals surface area (Å²) in [5.74, 6) is -1.09. The number of carbonyl (C=O) groups excluding carboxylic acids is 3. The molecule has 0 unspecified atom stereocenters. The van der Waals surface area contributed by atoms with E-state index in [1.54, 1.807) is 0 Å². The van der Waals surface area contributed by atoms with Crippen LogP contribution in [0.1, 0.15) is 26.2 Å². The third-order valence-corrected chi connectivity index (χ3v) is 5.25. The van der Waals surface area contributed by atoms with Crippen molar-refractivity contribution < 1.29 is 14.4 Å². The zero-order valence-corrected chi connectivity index (χ0v) is 15.2. The Bertz CT molecular complexity index is 920. The fraction of sp³-hybridized carbons (Fsp3) is 0.400. The van der Waals surface area contributed by atoms with Crippen LogP contribution in [-0.2, 0) is 20.9 Å². The number of fused-ring (bicyclic) bond motifs is 2. The van der Waals surface area contributed by atoms with Gasteiger partial charge in [-0.2, -0.15) is 0 Å². The lowest BCUT2D eigenvalue weighted by molar-refractivity contribution is -0.142. The van der Waals surface area contributed by atoms with Crippen molar-refractivity contribution in [1.82, 2.24) is 14.5 Å². The Kier molecular flexibility index (Phi) is 4.51. The number of anilines is 1. The number of hydrogen-bond donors (Lipinski definition) is 1. The Morgan fingerprint density at radius 2 is 1.81 bits per heavy atom. The molecule has 3 amide bonds. The summed E-state index contributed by atoms with van der Waals surface area (Å²) in [4.78, 5) is 43.2. The number of aromatic nitrogens is 2. The van der Waals surface area contributed by atoms with E-state index in [4.69, 9.17) is 0 Å². The van der Waals surface area contributed by atoms with Gasteiger partial charge in [0.1, 0.15) is 6.54 Å². The summed E-state index contributed by atoms with van der Waals surface area (Å²) in [5.41, 5.74) is 1.74. The summed E-state index contributed by atoms with van der Waals surface area (Å²) in [6.07, 6.45) is 5.90. The molecule has 27 heavy (non-hydrogen) atoms. The van der Waals surface area contributed by atoms with E-state index < -0.39 is 5.91 Å². The van der Waals surface area contributed by atoms with Crippen LogP contribution in [0.25, 0.3) is 11.0 Å². The van der Waals surface area contributed by atoms with Gasteiger partial charge in [-0.25, -0.2) is 4.98 Å². The number of benzene rings is 1. The van der Waals surface area contributed by atoms with Crippen LogP contribution < -0.4 is 5.32 Å². The molecular formula is C20H22N4O3. The van der Waals surface area contributed by atoms with Crippen molar-refractivity contribution in [3.05, 3.63) is 36.4 Å². The third-order valence-electron chi connectivity index (χ3n) is 5.25. The first kappa shape index (κ1) is 17.5.